The molecule has 0 saturated carbocycles. The van der Waals surface area contributed by atoms with E-state index in [4.69, 9.17) is 24.0 Å². The number of hydrogen-bond donors (Lipinski definition) is 1. The van der Waals surface area contributed by atoms with Crippen molar-refractivity contribution >= 4 is 65.9 Å². The largest absolute Gasteiger partial charge is 0.490 e. The first-order chi connectivity index (χ1) is 21.3. The Morgan fingerprint density at radius 1 is 1.00 bits per heavy atom. The molecule has 220 valence electrons. The van der Waals surface area contributed by atoms with Crippen LogP contribution in [0.1, 0.15) is 28.4 Å². The third-order valence-electron chi connectivity index (χ3n) is 6.72. The minimum Gasteiger partial charge on any atom is -0.490 e. The molecule has 0 atom stereocenters. The van der Waals surface area contributed by atoms with Crippen LogP contribution in [0.25, 0.3) is 33.5 Å². The molecule has 6 aromatic rings. The number of halogens is 2. The Kier molecular flexibility index (Phi) is 8.32. The molecule has 0 spiro atoms. The fourth-order valence-electron chi connectivity index (χ4n) is 4.57. The van der Waals surface area contributed by atoms with Crippen molar-refractivity contribution in [3.8, 4) is 23.1 Å². The van der Waals surface area contributed by atoms with Gasteiger partial charge in [-0.05, 0) is 89.1 Å². The lowest BCUT2D eigenvalue weighted by Crippen LogP contribution is -2.20. The van der Waals surface area contributed by atoms with Gasteiger partial charge in [0, 0.05) is 19.9 Å². The molecule has 6 rings (SSSR count). The van der Waals surface area contributed by atoms with Crippen LogP contribution in [0.5, 0.6) is 11.5 Å². The van der Waals surface area contributed by atoms with Gasteiger partial charge in [0.25, 0.3) is 5.56 Å². The molecule has 2 heterocycles. The molecule has 9 nitrogen and oxygen atoms in total. The molecule has 2 aromatic heterocycles. The minimum atomic E-state index is -0.989. The van der Waals surface area contributed by atoms with E-state index < -0.39 is 5.97 Å². The van der Waals surface area contributed by atoms with E-state index in [0.717, 1.165) is 15.4 Å². The lowest BCUT2D eigenvalue weighted by molar-refractivity contribution is 0.0697. The second-order valence-corrected chi connectivity index (χ2v) is 11.4. The molecule has 4 aromatic carbocycles. The zero-order chi connectivity index (χ0) is 30.8. The number of para-hydroxylation sites is 1. The Morgan fingerprint density at radius 3 is 2.55 bits per heavy atom. The van der Waals surface area contributed by atoms with Crippen molar-refractivity contribution in [2.75, 3.05) is 6.61 Å². The predicted molar refractivity (Wildman–Crippen MR) is 175 cm³/mol. The first-order valence-corrected chi connectivity index (χ1v) is 15.1. The molecule has 0 unspecified atom stereocenters. The highest BCUT2D eigenvalue weighted by Gasteiger charge is 2.17. The molecular weight excluding hydrogens is 694 g/mol. The molecule has 0 aliphatic carbocycles. The Bertz CT molecular complexity index is 2120. The summed E-state index contributed by atoms with van der Waals surface area (Å²) in [5, 5.41) is 15.0. The van der Waals surface area contributed by atoms with Crippen molar-refractivity contribution < 1.29 is 23.8 Å². The highest BCUT2D eigenvalue weighted by Crippen LogP contribution is 2.34. The SMILES string of the molecule is CCOc1cc(C=Nn2c(-c3cc4cc(Br)ccc4o3)nc3ccccc3c2=O)c(Br)cc1OCc1ccc(C(=O)O)cc1. The van der Waals surface area contributed by atoms with E-state index in [-0.39, 0.29) is 23.6 Å². The lowest BCUT2D eigenvalue weighted by Gasteiger charge is -2.14. The topological polar surface area (TPSA) is 116 Å². The number of aromatic carboxylic acids is 1. The maximum absolute atomic E-state index is 13.7. The number of furan rings is 1. The number of rotatable bonds is 9. The Hall–Kier alpha value is -4.74. The predicted octanol–water partition coefficient (Wildman–Crippen LogP) is 7.89. The number of carboxylic acid groups (broad SMARTS) is 1. The van der Waals surface area contributed by atoms with Crippen molar-refractivity contribution in [3.05, 3.63) is 121 Å². The molecular formula is C33H23Br2N3O6. The van der Waals surface area contributed by atoms with E-state index >= 15 is 0 Å². The van der Waals surface area contributed by atoms with Crippen LogP contribution in [0.3, 0.4) is 0 Å². The summed E-state index contributed by atoms with van der Waals surface area (Å²) in [6.07, 6.45) is 1.54. The Labute approximate surface area is 267 Å². The fourth-order valence-corrected chi connectivity index (χ4v) is 5.37. The molecule has 0 saturated heterocycles. The average Bonchev–Trinajstić information content (AvgIpc) is 3.44. The lowest BCUT2D eigenvalue weighted by atomic mass is 10.1. The van der Waals surface area contributed by atoms with Crippen LogP contribution in [-0.2, 0) is 6.61 Å². The van der Waals surface area contributed by atoms with Crippen LogP contribution in [0, 0.1) is 0 Å². The van der Waals surface area contributed by atoms with Gasteiger partial charge in [-0.3, -0.25) is 4.79 Å². The molecule has 0 fully saturated rings. The van der Waals surface area contributed by atoms with Crippen molar-refractivity contribution in [2.24, 2.45) is 5.10 Å². The van der Waals surface area contributed by atoms with Gasteiger partial charge in [-0.25, -0.2) is 9.78 Å². The quantitative estimate of drug-likeness (QED) is 0.151. The van der Waals surface area contributed by atoms with Crippen molar-refractivity contribution in [3.63, 3.8) is 0 Å². The van der Waals surface area contributed by atoms with Gasteiger partial charge in [-0.15, -0.1) is 0 Å². The van der Waals surface area contributed by atoms with Crippen molar-refractivity contribution in [1.82, 2.24) is 9.66 Å². The Morgan fingerprint density at radius 2 is 1.77 bits per heavy atom. The summed E-state index contributed by atoms with van der Waals surface area (Å²) in [5.41, 5.74) is 2.46. The molecule has 0 radical (unpaired) electrons. The summed E-state index contributed by atoms with van der Waals surface area (Å²) in [6.45, 7) is 2.46. The number of aromatic nitrogens is 2. The van der Waals surface area contributed by atoms with Crippen LogP contribution < -0.4 is 15.0 Å². The van der Waals surface area contributed by atoms with Crippen LogP contribution in [-0.4, -0.2) is 33.6 Å². The summed E-state index contributed by atoms with van der Waals surface area (Å²) in [7, 11) is 0. The number of carbonyl (C=O) groups is 1. The van der Waals surface area contributed by atoms with Gasteiger partial charge in [-0.1, -0.05) is 40.2 Å². The highest BCUT2D eigenvalue weighted by atomic mass is 79.9. The minimum absolute atomic E-state index is 0.201. The van der Waals surface area contributed by atoms with Gasteiger partial charge in [0.2, 0.25) is 5.82 Å². The number of ether oxygens (including phenoxy) is 2. The van der Waals surface area contributed by atoms with Gasteiger partial charge < -0.3 is 19.0 Å². The number of fused-ring (bicyclic) bond motifs is 2. The van der Waals surface area contributed by atoms with E-state index in [2.05, 4.69) is 37.0 Å². The summed E-state index contributed by atoms with van der Waals surface area (Å²) in [4.78, 5) is 29.6. The van der Waals surface area contributed by atoms with E-state index in [0.29, 0.717) is 50.4 Å². The molecule has 0 bridgehead atoms. The molecule has 44 heavy (non-hydrogen) atoms. The number of hydrogen-bond acceptors (Lipinski definition) is 7. The molecule has 0 aliphatic heterocycles. The standard InChI is InChI=1S/C33H23Br2N3O6/c1-2-42-28-15-22(25(35)16-29(28)43-18-19-7-9-20(10-8-19)33(40)41)17-36-38-31(37-26-6-4-3-5-24(26)32(38)39)30-14-21-13-23(34)11-12-27(21)44-30/h3-17H,2,18H2,1H3,(H,40,41). The molecule has 0 aliphatic rings. The van der Waals surface area contributed by atoms with Gasteiger partial charge >= 0.3 is 5.97 Å². The fraction of sp³-hybridized carbons (Fsp3) is 0.0909. The van der Waals surface area contributed by atoms with Gasteiger partial charge in [0.15, 0.2) is 17.3 Å². The van der Waals surface area contributed by atoms with Crippen LogP contribution in [0.15, 0.2) is 108 Å². The van der Waals surface area contributed by atoms with E-state index in [1.807, 2.05) is 37.3 Å². The highest BCUT2D eigenvalue weighted by molar-refractivity contribution is 9.10. The van der Waals surface area contributed by atoms with E-state index in [1.54, 1.807) is 48.7 Å². The summed E-state index contributed by atoms with van der Waals surface area (Å²) in [6, 6.07) is 24.6. The second-order valence-electron chi connectivity index (χ2n) is 9.65. The smallest absolute Gasteiger partial charge is 0.335 e. The van der Waals surface area contributed by atoms with Gasteiger partial charge in [0.1, 0.15) is 12.2 Å². The first kappa shape index (κ1) is 29.3. The maximum atomic E-state index is 13.7. The number of nitrogens with zero attached hydrogens (tertiary/aromatic N) is 3. The third-order valence-corrected chi connectivity index (χ3v) is 7.90. The van der Waals surface area contributed by atoms with E-state index in [1.165, 1.54) is 16.8 Å². The monoisotopic (exact) mass is 715 g/mol. The van der Waals surface area contributed by atoms with Crippen molar-refractivity contribution in [2.45, 2.75) is 13.5 Å². The maximum Gasteiger partial charge on any atom is 0.335 e. The zero-order valence-corrected chi connectivity index (χ0v) is 26.3. The van der Waals surface area contributed by atoms with Crippen LogP contribution in [0.2, 0.25) is 0 Å². The summed E-state index contributed by atoms with van der Waals surface area (Å²) >= 11 is 7.08. The van der Waals surface area contributed by atoms with E-state index in [9.17, 15) is 9.59 Å². The number of benzene rings is 4. The average molecular weight is 717 g/mol. The van der Waals surface area contributed by atoms with Gasteiger partial charge in [0.05, 0.1) is 29.3 Å². The van der Waals surface area contributed by atoms with Crippen LogP contribution in [0.4, 0.5) is 0 Å². The van der Waals surface area contributed by atoms with Crippen LogP contribution >= 0.6 is 31.9 Å². The zero-order valence-electron chi connectivity index (χ0n) is 23.2. The Balaban J connectivity index is 1.37. The molecule has 0 amide bonds. The van der Waals surface area contributed by atoms with Crippen molar-refractivity contribution in [1.29, 1.82) is 0 Å². The number of carboxylic acids is 1. The first-order valence-electron chi connectivity index (χ1n) is 13.5. The van der Waals surface area contributed by atoms with Gasteiger partial charge in [-0.2, -0.15) is 9.78 Å². The summed E-state index contributed by atoms with van der Waals surface area (Å²) < 4.78 is 20.8. The normalized spacial score (nSPS) is 11.4. The summed E-state index contributed by atoms with van der Waals surface area (Å²) in [5.74, 6) is 0.625. The molecule has 1 N–H and O–H groups in total. The third kappa shape index (κ3) is 6.01. The second kappa shape index (κ2) is 12.5. The molecule has 11 heteroatoms.